The summed E-state index contributed by atoms with van der Waals surface area (Å²) in [6, 6.07) is 7.89. The first kappa shape index (κ1) is 26.6. The van der Waals surface area contributed by atoms with E-state index in [0.717, 1.165) is 32.0 Å². The molecule has 2 amide bonds. The highest BCUT2D eigenvalue weighted by atomic mass is 19.1. The third kappa shape index (κ3) is 5.70. The Kier molecular flexibility index (Phi) is 7.70. The van der Waals surface area contributed by atoms with Gasteiger partial charge in [0.05, 0.1) is 12.2 Å². The second-order valence-electron chi connectivity index (χ2n) is 11.6. The Morgan fingerprint density at radius 1 is 1.00 bits per heavy atom. The molecule has 8 heteroatoms. The highest BCUT2D eigenvalue weighted by Gasteiger charge is 2.35. The summed E-state index contributed by atoms with van der Waals surface area (Å²) in [5.74, 6) is -1.55. The number of hydrogen-bond donors (Lipinski definition) is 1. The third-order valence-corrected chi connectivity index (χ3v) is 8.65. The average molecular weight is 526 g/mol. The first-order chi connectivity index (χ1) is 18.2. The molecule has 0 spiro atoms. The van der Waals surface area contributed by atoms with E-state index in [1.807, 2.05) is 0 Å². The highest BCUT2D eigenvalue weighted by molar-refractivity contribution is 5.98. The van der Waals surface area contributed by atoms with E-state index in [1.54, 1.807) is 12.1 Å². The van der Waals surface area contributed by atoms with Gasteiger partial charge in [0.15, 0.2) is 0 Å². The molecule has 0 radical (unpaired) electrons. The molecule has 1 aliphatic carbocycles. The standard InChI is InChI=1S/C30H37F2N3O3/c1-30(11-3-12-30)19-34-14-9-20(10-15-34)18-38-22-6-8-23(26(32)17-22)21-5-7-24(25(31)16-21)29(37)35-13-2-4-27(35)28(33)36/h5-8,16-17,20,27H,2-4,9-15,18-19H2,1H3,(H2,33,36)/t27-/m0/s1. The molecule has 6 nitrogen and oxygen atoms in total. The molecule has 2 aromatic carbocycles. The van der Waals surface area contributed by atoms with Gasteiger partial charge in [0.25, 0.3) is 5.91 Å². The van der Waals surface area contributed by atoms with E-state index in [4.69, 9.17) is 10.5 Å². The van der Waals surface area contributed by atoms with Crippen LogP contribution in [-0.2, 0) is 4.79 Å². The second kappa shape index (κ2) is 11.0. The number of amides is 2. The summed E-state index contributed by atoms with van der Waals surface area (Å²) in [4.78, 5) is 28.3. The fraction of sp³-hybridized carbons (Fsp3) is 0.533. The number of carbonyl (C=O) groups is 2. The summed E-state index contributed by atoms with van der Waals surface area (Å²) in [5.41, 5.74) is 6.28. The molecule has 2 saturated heterocycles. The van der Waals surface area contributed by atoms with E-state index in [2.05, 4.69) is 11.8 Å². The van der Waals surface area contributed by atoms with Crippen LogP contribution in [0.4, 0.5) is 8.78 Å². The Hall–Kier alpha value is -3.00. The zero-order chi connectivity index (χ0) is 26.9. The van der Waals surface area contributed by atoms with E-state index in [9.17, 15) is 18.4 Å². The van der Waals surface area contributed by atoms with Crippen LogP contribution in [0.5, 0.6) is 5.75 Å². The molecule has 3 fully saturated rings. The number of rotatable bonds is 8. The number of benzene rings is 2. The Bertz CT molecular complexity index is 1190. The number of hydrogen-bond acceptors (Lipinski definition) is 4. The van der Waals surface area contributed by atoms with Crippen molar-refractivity contribution in [2.24, 2.45) is 17.1 Å². The lowest BCUT2D eigenvalue weighted by atomic mass is 9.70. The number of nitrogens with zero attached hydrogens (tertiary/aromatic N) is 2. The van der Waals surface area contributed by atoms with Crippen LogP contribution >= 0.6 is 0 Å². The minimum atomic E-state index is -0.764. The maximum absolute atomic E-state index is 15.0. The number of nitrogens with two attached hydrogens (primary N) is 1. The van der Waals surface area contributed by atoms with E-state index in [0.29, 0.717) is 48.6 Å². The van der Waals surface area contributed by atoms with Gasteiger partial charge >= 0.3 is 0 Å². The lowest BCUT2D eigenvalue weighted by Gasteiger charge is -2.44. The largest absolute Gasteiger partial charge is 0.493 e. The lowest BCUT2D eigenvalue weighted by molar-refractivity contribution is -0.121. The summed E-state index contributed by atoms with van der Waals surface area (Å²) in [7, 11) is 0. The van der Waals surface area contributed by atoms with Gasteiger partial charge < -0.3 is 20.3 Å². The van der Waals surface area contributed by atoms with Gasteiger partial charge in [-0.1, -0.05) is 19.4 Å². The maximum Gasteiger partial charge on any atom is 0.257 e. The van der Waals surface area contributed by atoms with Gasteiger partial charge in [-0.2, -0.15) is 0 Å². The molecule has 5 rings (SSSR count). The van der Waals surface area contributed by atoms with Crippen molar-refractivity contribution in [3.8, 4) is 16.9 Å². The van der Waals surface area contributed by atoms with E-state index in [-0.39, 0.29) is 11.1 Å². The van der Waals surface area contributed by atoms with Crippen molar-refractivity contribution in [1.82, 2.24) is 9.80 Å². The molecule has 2 heterocycles. The molecule has 0 unspecified atom stereocenters. The van der Waals surface area contributed by atoms with E-state index in [1.165, 1.54) is 48.9 Å². The number of halogens is 2. The van der Waals surface area contributed by atoms with Crippen LogP contribution in [-0.4, -0.2) is 60.4 Å². The van der Waals surface area contributed by atoms with Gasteiger partial charge in [-0.15, -0.1) is 0 Å². The second-order valence-corrected chi connectivity index (χ2v) is 11.6. The third-order valence-electron chi connectivity index (χ3n) is 8.65. The topological polar surface area (TPSA) is 75.9 Å². The van der Waals surface area contributed by atoms with Crippen molar-refractivity contribution < 1.29 is 23.1 Å². The summed E-state index contributed by atoms with van der Waals surface area (Å²) in [5, 5.41) is 0. The van der Waals surface area contributed by atoms with Gasteiger partial charge in [-0.05, 0) is 92.8 Å². The van der Waals surface area contributed by atoms with Crippen LogP contribution in [0.1, 0.15) is 62.2 Å². The quantitative estimate of drug-likeness (QED) is 0.526. The smallest absolute Gasteiger partial charge is 0.257 e. The average Bonchev–Trinajstić information content (AvgIpc) is 3.38. The first-order valence-corrected chi connectivity index (χ1v) is 13.8. The molecule has 2 N–H and O–H groups in total. The SMILES string of the molecule is CC1(CN2CCC(COc3ccc(-c4ccc(C(=O)N5CCC[C@H]5C(N)=O)c(F)c4)c(F)c3)CC2)CCC1. The summed E-state index contributed by atoms with van der Waals surface area (Å²) in [6.07, 6.45) is 7.30. The van der Waals surface area contributed by atoms with Gasteiger partial charge in [0.2, 0.25) is 5.91 Å². The van der Waals surface area contributed by atoms with Crippen LogP contribution in [0.2, 0.25) is 0 Å². The molecule has 204 valence electrons. The molecule has 2 aliphatic heterocycles. The molecule has 0 bridgehead atoms. The Morgan fingerprint density at radius 3 is 2.39 bits per heavy atom. The first-order valence-electron chi connectivity index (χ1n) is 13.8. The number of primary amides is 1. The zero-order valence-corrected chi connectivity index (χ0v) is 22.1. The molecule has 3 aliphatic rings. The number of piperidine rings is 1. The molecule has 1 atom stereocenters. The molecule has 1 saturated carbocycles. The van der Waals surface area contributed by atoms with E-state index >= 15 is 0 Å². The lowest BCUT2D eigenvalue weighted by Crippen LogP contribution is -2.44. The molecule has 38 heavy (non-hydrogen) atoms. The number of likely N-dealkylation sites (tertiary alicyclic amines) is 2. The van der Waals surface area contributed by atoms with Crippen molar-refractivity contribution >= 4 is 11.8 Å². The fourth-order valence-corrected chi connectivity index (χ4v) is 6.14. The van der Waals surface area contributed by atoms with Gasteiger partial charge in [-0.3, -0.25) is 9.59 Å². The van der Waals surface area contributed by atoms with Crippen molar-refractivity contribution in [3.05, 3.63) is 53.6 Å². The highest BCUT2D eigenvalue weighted by Crippen LogP contribution is 2.41. The van der Waals surface area contributed by atoms with Crippen LogP contribution in [0.3, 0.4) is 0 Å². The van der Waals surface area contributed by atoms with Crippen LogP contribution < -0.4 is 10.5 Å². The van der Waals surface area contributed by atoms with Crippen LogP contribution in [0.25, 0.3) is 11.1 Å². The Morgan fingerprint density at radius 2 is 1.76 bits per heavy atom. The van der Waals surface area contributed by atoms with Crippen molar-refractivity contribution in [1.29, 1.82) is 0 Å². The molecular weight excluding hydrogens is 488 g/mol. The minimum Gasteiger partial charge on any atom is -0.493 e. The Balaban J connectivity index is 1.17. The van der Waals surface area contributed by atoms with Crippen LogP contribution in [0, 0.1) is 23.0 Å². The normalized spacial score (nSPS) is 21.8. The van der Waals surface area contributed by atoms with Crippen LogP contribution in [0.15, 0.2) is 36.4 Å². The number of carbonyl (C=O) groups excluding carboxylic acids is 2. The van der Waals surface area contributed by atoms with Crippen molar-refractivity contribution in [2.75, 3.05) is 32.8 Å². The predicted molar refractivity (Wildman–Crippen MR) is 142 cm³/mol. The zero-order valence-electron chi connectivity index (χ0n) is 22.1. The fourth-order valence-electron chi connectivity index (χ4n) is 6.14. The molecular formula is C30H37F2N3O3. The monoisotopic (exact) mass is 525 g/mol. The summed E-state index contributed by atoms with van der Waals surface area (Å²) >= 11 is 0. The van der Waals surface area contributed by atoms with E-state index < -0.39 is 29.5 Å². The summed E-state index contributed by atoms with van der Waals surface area (Å²) < 4.78 is 35.8. The van der Waals surface area contributed by atoms with Gasteiger partial charge in [0, 0.05) is 24.7 Å². The number of ether oxygens (including phenoxy) is 1. The predicted octanol–water partition coefficient (Wildman–Crippen LogP) is 5.00. The minimum absolute atomic E-state index is 0.157. The van der Waals surface area contributed by atoms with Gasteiger partial charge in [-0.25, -0.2) is 8.78 Å². The molecule has 0 aromatic heterocycles. The van der Waals surface area contributed by atoms with Crippen molar-refractivity contribution in [2.45, 2.75) is 57.9 Å². The van der Waals surface area contributed by atoms with Crippen molar-refractivity contribution in [3.63, 3.8) is 0 Å². The molecule has 2 aromatic rings. The van der Waals surface area contributed by atoms with Gasteiger partial charge in [0.1, 0.15) is 23.4 Å². The maximum atomic E-state index is 15.0. The Labute approximate surface area is 223 Å². The summed E-state index contributed by atoms with van der Waals surface area (Å²) in [6.45, 7) is 6.65.